The molecule has 35 heavy (non-hydrogen) atoms. The van der Waals surface area contributed by atoms with Gasteiger partial charge in [-0.2, -0.15) is 0 Å². The molecular weight excluding hydrogens is 432 g/mol. The summed E-state index contributed by atoms with van der Waals surface area (Å²) in [7, 11) is 0. The number of fused-ring (bicyclic) bond motifs is 7. The zero-order valence-electron chi connectivity index (χ0n) is 24.1. The van der Waals surface area contributed by atoms with E-state index in [1.54, 1.807) is 0 Å². The summed E-state index contributed by atoms with van der Waals surface area (Å²) in [5, 5.41) is 0. The molecule has 0 N–H and O–H groups in total. The summed E-state index contributed by atoms with van der Waals surface area (Å²) in [5.41, 5.74) is 0.840. The van der Waals surface area contributed by atoms with Gasteiger partial charge in [0.15, 0.2) is 11.9 Å². The molecule has 10 atom stereocenters. The van der Waals surface area contributed by atoms with Gasteiger partial charge in [-0.05, 0) is 109 Å². The minimum absolute atomic E-state index is 0.00785. The Morgan fingerprint density at radius 1 is 0.857 bits per heavy atom. The van der Waals surface area contributed by atoms with Gasteiger partial charge in [0.05, 0.1) is 0 Å². The highest BCUT2D eigenvalue weighted by molar-refractivity contribution is 5.87. The van der Waals surface area contributed by atoms with E-state index >= 15 is 0 Å². The van der Waals surface area contributed by atoms with E-state index in [2.05, 4.69) is 55.4 Å². The Balaban J connectivity index is 1.52. The molecule has 0 unspecified atom stereocenters. The van der Waals surface area contributed by atoms with Crippen molar-refractivity contribution in [3.63, 3.8) is 0 Å². The lowest BCUT2D eigenvalue weighted by Gasteiger charge is -2.72. The number of Topliss-reactive ketones (excluding diaryl/α,β-unsaturated/α-hetero) is 1. The largest absolute Gasteiger partial charge is 0.454 e. The van der Waals surface area contributed by atoms with Crippen LogP contribution in [0.5, 0.6) is 0 Å². The van der Waals surface area contributed by atoms with Crippen molar-refractivity contribution in [2.75, 3.05) is 0 Å². The van der Waals surface area contributed by atoms with Crippen LogP contribution in [0.3, 0.4) is 0 Å². The van der Waals surface area contributed by atoms with E-state index in [4.69, 9.17) is 4.74 Å². The average molecular weight is 485 g/mol. The summed E-state index contributed by atoms with van der Waals surface area (Å²) in [6, 6.07) is 0. The SMILES string of the molecule is CC(=O)O[C@@H]1C(=O)C[C@@]2(C)[C@@H](CC[C@]3(C)[C@H]2CC[C@@H]2[C@H]4[C@H](C(C)C)CC[C@]4(C)CC[C@]23C)C1(C)C. The Labute approximate surface area is 214 Å². The molecule has 198 valence electrons. The summed E-state index contributed by atoms with van der Waals surface area (Å²) in [6.07, 6.45) is 10.6. The molecule has 5 aliphatic carbocycles. The predicted molar refractivity (Wildman–Crippen MR) is 141 cm³/mol. The minimum atomic E-state index is -0.588. The summed E-state index contributed by atoms with van der Waals surface area (Å²) < 4.78 is 5.68. The first-order chi connectivity index (χ1) is 16.1. The first kappa shape index (κ1) is 25.8. The van der Waals surface area contributed by atoms with E-state index in [1.165, 1.54) is 51.9 Å². The maximum absolute atomic E-state index is 13.6. The predicted octanol–water partition coefficient (Wildman–Crippen LogP) is 7.85. The fourth-order valence-electron chi connectivity index (χ4n) is 12.0. The third-order valence-corrected chi connectivity index (χ3v) is 13.7. The molecule has 0 saturated heterocycles. The van der Waals surface area contributed by atoms with Gasteiger partial charge < -0.3 is 4.74 Å². The van der Waals surface area contributed by atoms with Gasteiger partial charge in [-0.15, -0.1) is 0 Å². The van der Waals surface area contributed by atoms with Crippen molar-refractivity contribution in [3.05, 3.63) is 0 Å². The first-order valence-corrected chi connectivity index (χ1v) is 14.8. The zero-order chi connectivity index (χ0) is 25.8. The Kier molecular flexibility index (Phi) is 5.76. The molecule has 0 bridgehead atoms. The molecule has 5 fully saturated rings. The second-order valence-electron chi connectivity index (χ2n) is 15.7. The highest BCUT2D eigenvalue weighted by atomic mass is 16.5. The third-order valence-electron chi connectivity index (χ3n) is 13.7. The molecule has 0 spiro atoms. The molecule has 5 aliphatic rings. The quantitative estimate of drug-likeness (QED) is 0.375. The van der Waals surface area contributed by atoms with E-state index in [0.29, 0.717) is 29.1 Å². The molecule has 5 saturated carbocycles. The molecule has 0 aromatic heterocycles. The summed E-state index contributed by atoms with van der Waals surface area (Å²) in [4.78, 5) is 25.5. The Morgan fingerprint density at radius 2 is 1.54 bits per heavy atom. The molecule has 0 radical (unpaired) electrons. The van der Waals surface area contributed by atoms with Crippen molar-refractivity contribution in [1.29, 1.82) is 0 Å². The molecule has 0 aliphatic heterocycles. The highest BCUT2D eigenvalue weighted by Gasteiger charge is 2.71. The number of rotatable bonds is 2. The molecule has 0 aromatic carbocycles. The van der Waals surface area contributed by atoms with Crippen LogP contribution >= 0.6 is 0 Å². The average Bonchev–Trinajstić information content (AvgIpc) is 3.09. The van der Waals surface area contributed by atoms with Crippen LogP contribution in [0.15, 0.2) is 0 Å². The van der Waals surface area contributed by atoms with Gasteiger partial charge in [-0.3, -0.25) is 9.59 Å². The van der Waals surface area contributed by atoms with Crippen LogP contribution in [0.25, 0.3) is 0 Å². The molecule has 0 amide bonds. The van der Waals surface area contributed by atoms with E-state index in [0.717, 1.165) is 30.1 Å². The van der Waals surface area contributed by atoms with Gasteiger partial charge in [-0.1, -0.05) is 55.4 Å². The molecule has 0 aromatic rings. The molecule has 0 heterocycles. The maximum Gasteiger partial charge on any atom is 0.303 e. The van der Waals surface area contributed by atoms with Crippen LogP contribution in [0.1, 0.15) is 120 Å². The van der Waals surface area contributed by atoms with Gasteiger partial charge in [0, 0.05) is 18.8 Å². The number of hydrogen-bond acceptors (Lipinski definition) is 3. The van der Waals surface area contributed by atoms with E-state index in [-0.39, 0.29) is 28.0 Å². The lowest BCUT2D eigenvalue weighted by molar-refractivity contribution is -0.245. The monoisotopic (exact) mass is 484 g/mol. The number of esters is 1. The standard InChI is InChI=1S/C32H52O3/c1-19(2)21-12-14-29(6)16-17-31(8)22(26(21)29)10-11-25-30(7)18-23(34)27(35-20(3)33)28(4,5)24(30)13-15-32(25,31)9/h19,21-22,24-27H,10-18H2,1-9H3/t21-,22+,24-,25-,26+,27+,29+,30-,31+,32+/m0/s1. The Morgan fingerprint density at radius 3 is 2.17 bits per heavy atom. The fraction of sp³-hybridized carbons (Fsp3) is 0.938. The normalized spacial score (nSPS) is 52.8. The zero-order valence-corrected chi connectivity index (χ0v) is 24.1. The van der Waals surface area contributed by atoms with Crippen LogP contribution < -0.4 is 0 Å². The summed E-state index contributed by atoms with van der Waals surface area (Å²) in [6.45, 7) is 21.2. The smallest absolute Gasteiger partial charge is 0.303 e. The van der Waals surface area contributed by atoms with E-state index < -0.39 is 6.10 Å². The summed E-state index contributed by atoms with van der Waals surface area (Å²) >= 11 is 0. The number of carbonyl (C=O) groups excluding carboxylic acids is 2. The van der Waals surface area contributed by atoms with Crippen LogP contribution in [0, 0.1) is 62.6 Å². The van der Waals surface area contributed by atoms with Crippen molar-refractivity contribution in [3.8, 4) is 0 Å². The third kappa shape index (κ3) is 3.27. The van der Waals surface area contributed by atoms with Gasteiger partial charge in [-0.25, -0.2) is 0 Å². The second-order valence-corrected chi connectivity index (χ2v) is 15.7. The van der Waals surface area contributed by atoms with Crippen LogP contribution in [-0.4, -0.2) is 17.9 Å². The van der Waals surface area contributed by atoms with Crippen molar-refractivity contribution in [2.45, 2.75) is 126 Å². The number of ketones is 1. The second kappa shape index (κ2) is 7.83. The lowest BCUT2D eigenvalue weighted by atomic mass is 9.32. The van der Waals surface area contributed by atoms with Crippen molar-refractivity contribution >= 4 is 11.8 Å². The number of hydrogen-bond donors (Lipinski definition) is 0. The van der Waals surface area contributed by atoms with Gasteiger partial charge in [0.1, 0.15) is 0 Å². The minimum Gasteiger partial charge on any atom is -0.454 e. The number of ether oxygens (including phenoxy) is 1. The van der Waals surface area contributed by atoms with E-state index in [9.17, 15) is 9.59 Å². The molecule has 5 rings (SSSR count). The molecule has 3 nitrogen and oxygen atoms in total. The Bertz CT molecular complexity index is 904. The maximum atomic E-state index is 13.6. The van der Waals surface area contributed by atoms with Crippen molar-refractivity contribution < 1.29 is 14.3 Å². The van der Waals surface area contributed by atoms with Gasteiger partial charge >= 0.3 is 5.97 Å². The van der Waals surface area contributed by atoms with Gasteiger partial charge in [0.25, 0.3) is 0 Å². The van der Waals surface area contributed by atoms with Crippen LogP contribution in [0.2, 0.25) is 0 Å². The Hall–Kier alpha value is -0.860. The number of carbonyl (C=O) groups is 2. The van der Waals surface area contributed by atoms with Crippen LogP contribution in [-0.2, 0) is 14.3 Å². The van der Waals surface area contributed by atoms with E-state index in [1.807, 2.05) is 0 Å². The highest BCUT2D eigenvalue weighted by Crippen LogP contribution is 2.77. The summed E-state index contributed by atoms with van der Waals surface area (Å²) in [5.74, 6) is 4.15. The topological polar surface area (TPSA) is 43.4 Å². The van der Waals surface area contributed by atoms with Crippen molar-refractivity contribution in [2.24, 2.45) is 62.6 Å². The molecule has 3 heteroatoms. The lowest BCUT2D eigenvalue weighted by Crippen LogP contribution is -2.68. The van der Waals surface area contributed by atoms with Crippen molar-refractivity contribution in [1.82, 2.24) is 0 Å². The first-order valence-electron chi connectivity index (χ1n) is 14.8. The molecular formula is C32H52O3. The van der Waals surface area contributed by atoms with Crippen LogP contribution in [0.4, 0.5) is 0 Å². The van der Waals surface area contributed by atoms with Gasteiger partial charge in [0.2, 0.25) is 0 Å². The fourth-order valence-corrected chi connectivity index (χ4v) is 12.0.